The van der Waals surface area contributed by atoms with Crippen molar-refractivity contribution in [2.24, 2.45) is 0 Å². The molecule has 1 aromatic heterocycles. The number of nitrogens with zero attached hydrogens (tertiary/aromatic N) is 2. The second-order valence-corrected chi connectivity index (χ2v) is 5.34. The van der Waals surface area contributed by atoms with Crippen molar-refractivity contribution in [3.8, 4) is 0 Å². The van der Waals surface area contributed by atoms with Crippen molar-refractivity contribution < 1.29 is 17.9 Å². The van der Waals surface area contributed by atoms with E-state index in [-0.39, 0.29) is 4.90 Å². The van der Waals surface area contributed by atoms with Gasteiger partial charge in [-0.1, -0.05) is 6.08 Å². The molecule has 0 spiro atoms. The minimum atomic E-state index is -3.23. The summed E-state index contributed by atoms with van der Waals surface area (Å²) in [6.45, 7) is 2.36. The van der Waals surface area contributed by atoms with E-state index < -0.39 is 15.8 Å². The first-order valence-electron chi connectivity index (χ1n) is 4.99. The van der Waals surface area contributed by atoms with Gasteiger partial charge >= 0.3 is 5.97 Å². The van der Waals surface area contributed by atoms with Crippen LogP contribution in [0.15, 0.2) is 29.4 Å². The number of allylic oxidation sites excluding steroid dienone is 1. The smallest absolute Gasteiger partial charge is 0.330 e. The number of hydrogen-bond donors (Lipinski definition) is 0. The monoisotopic (exact) mass is 258 g/mol. The van der Waals surface area contributed by atoms with Crippen LogP contribution in [0.2, 0.25) is 0 Å². The lowest BCUT2D eigenvalue weighted by Crippen LogP contribution is -2.01. The van der Waals surface area contributed by atoms with E-state index in [0.717, 1.165) is 6.26 Å². The molecule has 0 aliphatic heterocycles. The first kappa shape index (κ1) is 13.4. The highest BCUT2D eigenvalue weighted by atomic mass is 32.2. The summed E-state index contributed by atoms with van der Waals surface area (Å²) in [7, 11) is -3.23. The van der Waals surface area contributed by atoms with E-state index in [4.69, 9.17) is 0 Å². The molecule has 0 atom stereocenters. The Hall–Kier alpha value is -1.63. The molecule has 17 heavy (non-hydrogen) atoms. The molecule has 0 fully saturated rings. The molecule has 1 rings (SSSR count). The van der Waals surface area contributed by atoms with Gasteiger partial charge in [0.2, 0.25) is 0 Å². The average molecular weight is 258 g/mol. The number of ether oxygens (including phenoxy) is 1. The third-order valence-corrected chi connectivity index (χ3v) is 2.94. The Bertz CT molecular complexity index is 516. The summed E-state index contributed by atoms with van der Waals surface area (Å²) in [6.07, 6.45) is 6.63. The van der Waals surface area contributed by atoms with Crippen LogP contribution < -0.4 is 0 Å². The fourth-order valence-electron chi connectivity index (χ4n) is 1.08. The quantitative estimate of drug-likeness (QED) is 0.564. The largest absolute Gasteiger partial charge is 0.463 e. The van der Waals surface area contributed by atoms with Crippen LogP contribution in [0.4, 0.5) is 0 Å². The van der Waals surface area contributed by atoms with E-state index in [1.165, 1.54) is 23.2 Å². The van der Waals surface area contributed by atoms with Crippen LogP contribution in [0.25, 0.3) is 0 Å². The first-order chi connectivity index (χ1) is 7.93. The molecular formula is C10H14N2O4S. The Labute approximate surface area is 99.8 Å². The number of rotatable bonds is 5. The van der Waals surface area contributed by atoms with E-state index in [9.17, 15) is 13.2 Å². The van der Waals surface area contributed by atoms with E-state index >= 15 is 0 Å². The SMILES string of the molecule is CCOC(=O)/C=C/Cn1cc(S(C)(=O)=O)cn1. The van der Waals surface area contributed by atoms with Crippen molar-refractivity contribution in [3.05, 3.63) is 24.5 Å². The third kappa shape index (κ3) is 4.39. The van der Waals surface area contributed by atoms with Crippen LogP contribution in [-0.4, -0.2) is 37.0 Å². The fourth-order valence-corrected chi connectivity index (χ4v) is 1.63. The number of aromatic nitrogens is 2. The van der Waals surface area contributed by atoms with Gasteiger partial charge in [-0.3, -0.25) is 4.68 Å². The maximum atomic E-state index is 11.2. The van der Waals surface area contributed by atoms with Gasteiger partial charge in [0, 0.05) is 18.5 Å². The van der Waals surface area contributed by atoms with Crippen LogP contribution in [0.5, 0.6) is 0 Å². The predicted molar refractivity (Wildman–Crippen MR) is 61.1 cm³/mol. The molecule has 0 bridgehead atoms. The van der Waals surface area contributed by atoms with Gasteiger partial charge in [-0.05, 0) is 6.92 Å². The molecule has 0 N–H and O–H groups in total. The molecule has 6 nitrogen and oxygen atoms in total. The van der Waals surface area contributed by atoms with Crippen LogP contribution in [0, 0.1) is 0 Å². The van der Waals surface area contributed by atoms with E-state index in [0.29, 0.717) is 13.2 Å². The Morgan fingerprint density at radius 1 is 1.59 bits per heavy atom. The van der Waals surface area contributed by atoms with Gasteiger partial charge in [0.1, 0.15) is 4.90 Å². The van der Waals surface area contributed by atoms with E-state index in [2.05, 4.69) is 9.84 Å². The van der Waals surface area contributed by atoms with Gasteiger partial charge in [0.25, 0.3) is 0 Å². The van der Waals surface area contributed by atoms with E-state index in [1.54, 1.807) is 13.0 Å². The number of carbonyl (C=O) groups is 1. The molecule has 0 aromatic carbocycles. The van der Waals surface area contributed by atoms with Gasteiger partial charge in [-0.15, -0.1) is 0 Å². The first-order valence-corrected chi connectivity index (χ1v) is 6.88. The highest BCUT2D eigenvalue weighted by Gasteiger charge is 2.08. The van der Waals surface area contributed by atoms with Gasteiger partial charge in [0.15, 0.2) is 9.84 Å². The summed E-state index contributed by atoms with van der Waals surface area (Å²) < 4.78 is 28.4. The highest BCUT2D eigenvalue weighted by molar-refractivity contribution is 7.90. The molecule has 0 aliphatic rings. The number of carbonyl (C=O) groups excluding carboxylic acids is 1. The maximum absolute atomic E-state index is 11.2. The molecule has 94 valence electrons. The summed E-state index contributed by atoms with van der Waals surface area (Å²) >= 11 is 0. The lowest BCUT2D eigenvalue weighted by molar-refractivity contribution is -0.137. The molecule has 1 heterocycles. The van der Waals surface area contributed by atoms with Gasteiger partial charge in [-0.25, -0.2) is 13.2 Å². The minimum Gasteiger partial charge on any atom is -0.463 e. The lowest BCUT2D eigenvalue weighted by atomic mass is 10.5. The van der Waals surface area contributed by atoms with Gasteiger partial charge in [0.05, 0.1) is 19.3 Å². The Balaban J connectivity index is 2.59. The van der Waals surface area contributed by atoms with Crippen LogP contribution >= 0.6 is 0 Å². The normalized spacial score (nSPS) is 11.9. The maximum Gasteiger partial charge on any atom is 0.330 e. The Morgan fingerprint density at radius 2 is 2.29 bits per heavy atom. The number of esters is 1. The topological polar surface area (TPSA) is 78.3 Å². The molecule has 0 radical (unpaired) electrons. The number of sulfone groups is 1. The zero-order valence-corrected chi connectivity index (χ0v) is 10.5. The molecule has 0 amide bonds. The fraction of sp³-hybridized carbons (Fsp3) is 0.400. The van der Waals surface area contributed by atoms with Crippen LogP contribution in [-0.2, 0) is 25.9 Å². The molecule has 0 aliphatic carbocycles. The van der Waals surface area contributed by atoms with E-state index in [1.807, 2.05) is 0 Å². The standard InChI is InChI=1S/C10H14N2O4S/c1-3-16-10(13)5-4-6-12-8-9(7-11-12)17(2,14)15/h4-5,7-8H,3,6H2,1-2H3/b5-4+. The summed E-state index contributed by atoms with van der Waals surface area (Å²) in [5.41, 5.74) is 0. The summed E-state index contributed by atoms with van der Waals surface area (Å²) in [5.74, 6) is -0.428. The predicted octanol–water partition coefficient (Wildman–Crippen LogP) is 0.406. The molecule has 1 aromatic rings. The van der Waals surface area contributed by atoms with Crippen LogP contribution in [0.3, 0.4) is 0 Å². The highest BCUT2D eigenvalue weighted by Crippen LogP contribution is 2.06. The second-order valence-electron chi connectivity index (χ2n) is 3.32. The summed E-state index contributed by atoms with van der Waals surface area (Å²) in [5, 5.41) is 3.86. The second kappa shape index (κ2) is 5.62. The van der Waals surface area contributed by atoms with Crippen molar-refractivity contribution in [2.75, 3.05) is 12.9 Å². The van der Waals surface area contributed by atoms with Gasteiger partial charge < -0.3 is 4.74 Å². The molecule has 0 saturated carbocycles. The third-order valence-electron chi connectivity index (χ3n) is 1.87. The van der Waals surface area contributed by atoms with Crippen molar-refractivity contribution in [1.29, 1.82) is 0 Å². The van der Waals surface area contributed by atoms with Crippen molar-refractivity contribution in [1.82, 2.24) is 9.78 Å². The van der Waals surface area contributed by atoms with Crippen molar-refractivity contribution >= 4 is 15.8 Å². The van der Waals surface area contributed by atoms with Gasteiger partial charge in [-0.2, -0.15) is 5.10 Å². The average Bonchev–Trinajstić information content (AvgIpc) is 2.66. The van der Waals surface area contributed by atoms with Crippen LogP contribution in [0.1, 0.15) is 6.92 Å². The zero-order valence-electron chi connectivity index (χ0n) is 9.66. The molecule has 7 heteroatoms. The molecule has 0 unspecified atom stereocenters. The Kier molecular flexibility index (Phi) is 4.45. The minimum absolute atomic E-state index is 0.155. The molecule has 0 saturated heterocycles. The number of hydrogen-bond acceptors (Lipinski definition) is 5. The zero-order chi connectivity index (χ0) is 12.9. The summed E-state index contributed by atoms with van der Waals surface area (Å²) in [4.78, 5) is 11.1. The summed E-state index contributed by atoms with van der Waals surface area (Å²) in [6, 6.07) is 0. The lowest BCUT2D eigenvalue weighted by Gasteiger charge is -1.96. The molecular weight excluding hydrogens is 244 g/mol. The van der Waals surface area contributed by atoms with Crippen molar-refractivity contribution in [2.45, 2.75) is 18.4 Å². The van der Waals surface area contributed by atoms with Crippen molar-refractivity contribution in [3.63, 3.8) is 0 Å². The Morgan fingerprint density at radius 3 is 2.82 bits per heavy atom.